The van der Waals surface area contributed by atoms with E-state index in [1.165, 1.54) is 11.1 Å². The normalized spacial score (nSPS) is 10.1. The van der Waals surface area contributed by atoms with E-state index < -0.39 is 0 Å². The van der Waals surface area contributed by atoms with Gasteiger partial charge in [0.05, 0.1) is 0 Å². The van der Waals surface area contributed by atoms with Gasteiger partial charge in [0.2, 0.25) is 0 Å². The number of anilines is 2. The van der Waals surface area contributed by atoms with Crippen molar-refractivity contribution in [2.45, 2.75) is 27.1 Å². The number of benzene rings is 2. The van der Waals surface area contributed by atoms with Gasteiger partial charge in [-0.25, -0.2) is 9.97 Å². The third-order valence-corrected chi connectivity index (χ3v) is 4.80. The lowest BCUT2D eigenvalue weighted by molar-refractivity contribution is 0.307. The van der Waals surface area contributed by atoms with Gasteiger partial charge in [0.1, 0.15) is 13.2 Å². The summed E-state index contributed by atoms with van der Waals surface area (Å²) >= 11 is 0. The molecule has 0 spiro atoms. The van der Waals surface area contributed by atoms with Crippen LogP contribution in [0.4, 0.5) is 11.6 Å². The third-order valence-electron chi connectivity index (χ3n) is 4.80. The van der Waals surface area contributed by atoms with E-state index in [2.05, 4.69) is 42.0 Å². The van der Waals surface area contributed by atoms with Crippen molar-refractivity contribution < 1.29 is 9.47 Å². The molecule has 0 atom stereocenters. The van der Waals surface area contributed by atoms with Gasteiger partial charge in [0.25, 0.3) is 0 Å². The van der Waals surface area contributed by atoms with Crippen LogP contribution in [-0.2, 0) is 13.2 Å². The van der Waals surface area contributed by atoms with Crippen LogP contribution in [0, 0.1) is 13.8 Å². The van der Waals surface area contributed by atoms with Gasteiger partial charge < -0.3 is 20.9 Å². The third kappa shape index (κ3) is 6.74. The predicted molar refractivity (Wildman–Crippen MR) is 128 cm³/mol. The van der Waals surface area contributed by atoms with Gasteiger partial charge in [0, 0.05) is 12.4 Å². The summed E-state index contributed by atoms with van der Waals surface area (Å²) in [7, 11) is 0. The maximum Gasteiger partial charge on any atom is 0.166 e. The minimum absolute atomic E-state index is 0.424. The molecule has 6 heteroatoms. The number of ether oxygens (including phenoxy) is 2. The Hall–Kier alpha value is -4.06. The summed E-state index contributed by atoms with van der Waals surface area (Å²) in [5.41, 5.74) is 16.2. The van der Waals surface area contributed by atoms with E-state index in [1.54, 1.807) is 18.5 Å². The van der Waals surface area contributed by atoms with Gasteiger partial charge in [-0.2, -0.15) is 0 Å². The molecule has 0 aliphatic rings. The molecule has 32 heavy (non-hydrogen) atoms. The van der Waals surface area contributed by atoms with E-state index in [-0.39, 0.29) is 0 Å². The lowest BCUT2D eigenvalue weighted by atomic mass is 10.1. The molecular weight excluding hydrogens is 400 g/mol. The highest BCUT2D eigenvalue weighted by Gasteiger charge is 2.02. The van der Waals surface area contributed by atoms with E-state index in [0.717, 1.165) is 11.1 Å². The van der Waals surface area contributed by atoms with E-state index in [1.807, 2.05) is 48.5 Å². The second kappa shape index (κ2) is 11.4. The lowest BCUT2D eigenvalue weighted by Gasteiger charge is -2.09. The Morgan fingerprint density at radius 1 is 0.625 bits per heavy atom. The molecule has 0 unspecified atom stereocenters. The monoisotopic (exact) mass is 428 g/mol. The van der Waals surface area contributed by atoms with Gasteiger partial charge in [-0.3, -0.25) is 0 Å². The molecule has 0 aliphatic carbocycles. The largest absolute Gasteiger partial charge is 0.485 e. The van der Waals surface area contributed by atoms with Crippen LogP contribution in [0.25, 0.3) is 0 Å². The fourth-order valence-corrected chi connectivity index (χ4v) is 2.84. The maximum atomic E-state index is 5.70. The second-order valence-corrected chi connectivity index (χ2v) is 7.26. The lowest BCUT2D eigenvalue weighted by Crippen LogP contribution is -2.00. The Labute approximate surface area is 188 Å². The highest BCUT2D eigenvalue weighted by Crippen LogP contribution is 2.20. The second-order valence-electron chi connectivity index (χ2n) is 7.26. The van der Waals surface area contributed by atoms with Crippen molar-refractivity contribution in [3.8, 4) is 11.5 Å². The smallest absolute Gasteiger partial charge is 0.166 e. The first-order chi connectivity index (χ1) is 15.5. The average molecular weight is 429 g/mol. The van der Waals surface area contributed by atoms with Crippen molar-refractivity contribution in [3.05, 3.63) is 107 Å². The predicted octanol–water partition coefficient (Wildman–Crippen LogP) is 5.10. The van der Waals surface area contributed by atoms with Crippen molar-refractivity contribution in [2.75, 3.05) is 11.5 Å². The summed E-state index contributed by atoms with van der Waals surface area (Å²) in [5, 5.41) is 0. The number of rotatable bonds is 6. The zero-order valence-corrected chi connectivity index (χ0v) is 18.4. The molecule has 0 fully saturated rings. The van der Waals surface area contributed by atoms with Crippen molar-refractivity contribution in [2.24, 2.45) is 0 Å². The number of aromatic nitrogens is 2. The first kappa shape index (κ1) is 22.6. The number of nitrogen functional groups attached to an aromatic ring is 2. The quantitative estimate of drug-likeness (QED) is 0.443. The average Bonchev–Trinajstić information content (AvgIpc) is 2.81. The van der Waals surface area contributed by atoms with Gasteiger partial charge in [-0.05, 0) is 60.4 Å². The van der Waals surface area contributed by atoms with Crippen LogP contribution in [0.15, 0.2) is 85.2 Å². The fraction of sp³-hybridized carbons (Fsp3) is 0.154. The number of aryl methyl sites for hydroxylation is 2. The SMILES string of the molecule is Cc1ccc(COc2cccnc2N)cc1C.Nc1ncccc1OCc1ccccc1. The topological polar surface area (TPSA) is 96.3 Å². The number of nitrogens with two attached hydrogens (primary N) is 2. The standard InChI is InChI=1S/C14H16N2O.C12H12N2O/c1-10-5-6-12(8-11(10)2)9-17-13-4-3-7-16-14(13)15;13-12-11(7-4-8-14-12)15-9-10-5-2-1-3-6-10/h3-8H,9H2,1-2H3,(H2,15,16);1-8H,9H2,(H2,13,14). The van der Waals surface area contributed by atoms with E-state index in [4.69, 9.17) is 20.9 Å². The molecule has 4 aromatic rings. The van der Waals surface area contributed by atoms with Crippen molar-refractivity contribution >= 4 is 11.6 Å². The van der Waals surface area contributed by atoms with Gasteiger partial charge in [-0.1, -0.05) is 48.5 Å². The minimum Gasteiger partial charge on any atom is -0.485 e. The molecule has 0 saturated heterocycles. The molecule has 2 aromatic heterocycles. The van der Waals surface area contributed by atoms with Gasteiger partial charge in [0.15, 0.2) is 23.1 Å². The number of hydrogen-bond acceptors (Lipinski definition) is 6. The first-order valence-electron chi connectivity index (χ1n) is 10.3. The summed E-state index contributed by atoms with van der Waals surface area (Å²) in [4.78, 5) is 7.92. The zero-order chi connectivity index (χ0) is 22.8. The Bertz CT molecular complexity index is 1130. The van der Waals surface area contributed by atoms with Gasteiger partial charge >= 0.3 is 0 Å². The molecular formula is C26H28N4O2. The van der Waals surface area contributed by atoms with Crippen molar-refractivity contribution in [3.63, 3.8) is 0 Å². The first-order valence-corrected chi connectivity index (χ1v) is 10.3. The number of nitrogens with zero attached hydrogens (tertiary/aromatic N) is 2. The summed E-state index contributed by atoms with van der Waals surface area (Å²) in [5.74, 6) is 2.11. The van der Waals surface area contributed by atoms with E-state index in [0.29, 0.717) is 36.3 Å². The number of pyridine rings is 2. The van der Waals surface area contributed by atoms with Crippen LogP contribution >= 0.6 is 0 Å². The van der Waals surface area contributed by atoms with E-state index >= 15 is 0 Å². The summed E-state index contributed by atoms with van der Waals surface area (Å²) < 4.78 is 11.2. The van der Waals surface area contributed by atoms with Crippen LogP contribution in [0.2, 0.25) is 0 Å². The Morgan fingerprint density at radius 3 is 1.72 bits per heavy atom. The van der Waals surface area contributed by atoms with Crippen LogP contribution < -0.4 is 20.9 Å². The number of hydrogen-bond donors (Lipinski definition) is 2. The molecule has 6 nitrogen and oxygen atoms in total. The summed E-state index contributed by atoms with van der Waals surface area (Å²) in [6.45, 7) is 5.21. The fourth-order valence-electron chi connectivity index (χ4n) is 2.84. The molecule has 0 amide bonds. The molecule has 164 valence electrons. The summed E-state index contributed by atoms with van der Waals surface area (Å²) in [6, 6.07) is 23.5. The van der Waals surface area contributed by atoms with Crippen LogP contribution in [0.1, 0.15) is 22.3 Å². The van der Waals surface area contributed by atoms with Crippen LogP contribution in [0.5, 0.6) is 11.5 Å². The summed E-state index contributed by atoms with van der Waals surface area (Å²) in [6.07, 6.45) is 3.29. The Balaban J connectivity index is 0.000000182. The van der Waals surface area contributed by atoms with Gasteiger partial charge in [-0.15, -0.1) is 0 Å². The molecule has 0 saturated carbocycles. The Morgan fingerprint density at radius 2 is 1.19 bits per heavy atom. The highest BCUT2D eigenvalue weighted by atomic mass is 16.5. The van der Waals surface area contributed by atoms with Crippen molar-refractivity contribution in [1.29, 1.82) is 0 Å². The van der Waals surface area contributed by atoms with Crippen molar-refractivity contribution in [1.82, 2.24) is 9.97 Å². The molecule has 2 heterocycles. The molecule has 0 aliphatic heterocycles. The zero-order valence-electron chi connectivity index (χ0n) is 18.4. The minimum atomic E-state index is 0.424. The Kier molecular flexibility index (Phi) is 8.03. The maximum absolute atomic E-state index is 5.70. The highest BCUT2D eigenvalue weighted by molar-refractivity contribution is 5.45. The molecule has 2 aromatic carbocycles. The van der Waals surface area contributed by atoms with Crippen LogP contribution in [-0.4, -0.2) is 9.97 Å². The molecule has 4 N–H and O–H groups in total. The van der Waals surface area contributed by atoms with Crippen LogP contribution in [0.3, 0.4) is 0 Å². The molecule has 4 rings (SSSR count). The molecule has 0 radical (unpaired) electrons. The molecule has 0 bridgehead atoms. The van der Waals surface area contributed by atoms with E-state index in [9.17, 15) is 0 Å².